The summed E-state index contributed by atoms with van der Waals surface area (Å²) in [6.45, 7) is 0. The van der Waals surface area contributed by atoms with Crippen molar-refractivity contribution in [2.75, 3.05) is 14.1 Å². The minimum atomic E-state index is -0.318. The van der Waals surface area contributed by atoms with Crippen LogP contribution in [0.4, 0.5) is 0 Å². The zero-order valence-electron chi connectivity index (χ0n) is 12.1. The zero-order chi connectivity index (χ0) is 14.8. The Morgan fingerprint density at radius 1 is 1.20 bits per heavy atom. The molecule has 1 aromatic rings. The van der Waals surface area contributed by atoms with Crippen LogP contribution in [0.3, 0.4) is 0 Å². The van der Waals surface area contributed by atoms with E-state index in [4.69, 9.17) is 23.2 Å². The molecule has 1 saturated carbocycles. The minimum Gasteiger partial charge on any atom is -0.297 e. The van der Waals surface area contributed by atoms with Crippen LogP contribution in [0, 0.1) is 0 Å². The average molecular weight is 314 g/mol. The van der Waals surface area contributed by atoms with Gasteiger partial charge in [-0.05, 0) is 44.6 Å². The maximum absolute atomic E-state index is 12.8. The molecule has 0 saturated heterocycles. The van der Waals surface area contributed by atoms with Gasteiger partial charge in [0.1, 0.15) is 0 Å². The van der Waals surface area contributed by atoms with Crippen molar-refractivity contribution in [2.45, 2.75) is 44.1 Å². The molecule has 0 amide bonds. The third-order valence-electron chi connectivity index (χ3n) is 4.42. The van der Waals surface area contributed by atoms with E-state index in [1.165, 1.54) is 6.42 Å². The molecule has 20 heavy (non-hydrogen) atoms. The quantitative estimate of drug-likeness (QED) is 0.822. The largest absolute Gasteiger partial charge is 0.297 e. The van der Waals surface area contributed by atoms with Crippen molar-refractivity contribution in [3.8, 4) is 0 Å². The Hall–Kier alpha value is -0.570. The lowest BCUT2D eigenvalue weighted by atomic mass is 9.76. The fourth-order valence-electron chi connectivity index (χ4n) is 3.11. The van der Waals surface area contributed by atoms with E-state index in [1.807, 2.05) is 20.2 Å². The average Bonchev–Trinajstić information content (AvgIpc) is 2.42. The van der Waals surface area contributed by atoms with E-state index in [0.29, 0.717) is 16.5 Å². The molecule has 0 bridgehead atoms. The van der Waals surface area contributed by atoms with E-state index in [-0.39, 0.29) is 11.3 Å². The maximum atomic E-state index is 12.8. The summed E-state index contributed by atoms with van der Waals surface area (Å²) in [5, 5.41) is 1.18. The van der Waals surface area contributed by atoms with Crippen LogP contribution in [0.1, 0.15) is 37.7 Å². The van der Waals surface area contributed by atoms with E-state index in [9.17, 15) is 4.79 Å². The summed E-state index contributed by atoms with van der Waals surface area (Å²) >= 11 is 12.1. The van der Waals surface area contributed by atoms with Gasteiger partial charge in [0, 0.05) is 16.5 Å². The van der Waals surface area contributed by atoms with Gasteiger partial charge in [0.05, 0.1) is 5.54 Å². The second kappa shape index (κ2) is 6.46. The molecule has 0 aromatic heterocycles. The van der Waals surface area contributed by atoms with Crippen molar-refractivity contribution in [1.82, 2.24) is 4.90 Å². The Morgan fingerprint density at radius 3 is 2.40 bits per heavy atom. The molecule has 1 aliphatic rings. The van der Waals surface area contributed by atoms with E-state index < -0.39 is 0 Å². The highest BCUT2D eigenvalue weighted by atomic mass is 35.5. The van der Waals surface area contributed by atoms with Crippen molar-refractivity contribution < 1.29 is 4.79 Å². The highest BCUT2D eigenvalue weighted by Gasteiger charge is 2.40. The first-order valence-corrected chi connectivity index (χ1v) is 7.86. The molecule has 0 N–H and O–H groups in total. The predicted molar refractivity (Wildman–Crippen MR) is 84.7 cm³/mol. The van der Waals surface area contributed by atoms with Crippen LogP contribution in [-0.4, -0.2) is 30.3 Å². The molecule has 0 atom stereocenters. The van der Waals surface area contributed by atoms with Gasteiger partial charge < -0.3 is 0 Å². The number of nitrogens with zero attached hydrogens (tertiary/aromatic N) is 1. The fourth-order valence-corrected chi connectivity index (χ4v) is 3.59. The van der Waals surface area contributed by atoms with Gasteiger partial charge in [-0.15, -0.1) is 0 Å². The van der Waals surface area contributed by atoms with Crippen LogP contribution < -0.4 is 0 Å². The molecule has 0 heterocycles. The molecule has 1 aliphatic carbocycles. The van der Waals surface area contributed by atoms with Crippen LogP contribution in [-0.2, 0) is 11.2 Å². The molecule has 1 aromatic carbocycles. The number of ketones is 1. The van der Waals surface area contributed by atoms with Gasteiger partial charge in [0.25, 0.3) is 0 Å². The normalized spacial score (nSPS) is 18.2. The number of benzene rings is 1. The summed E-state index contributed by atoms with van der Waals surface area (Å²) < 4.78 is 0. The number of hydrogen-bond donors (Lipinski definition) is 0. The van der Waals surface area contributed by atoms with Crippen LogP contribution in [0.5, 0.6) is 0 Å². The number of carbonyl (C=O) groups is 1. The second-order valence-electron chi connectivity index (χ2n) is 5.82. The Balaban J connectivity index is 2.20. The fraction of sp³-hybridized carbons (Fsp3) is 0.562. The minimum absolute atomic E-state index is 0.270. The van der Waals surface area contributed by atoms with E-state index in [1.54, 1.807) is 12.1 Å². The first-order valence-electron chi connectivity index (χ1n) is 7.10. The predicted octanol–water partition coefficient (Wildman–Crippen LogP) is 4.37. The highest BCUT2D eigenvalue weighted by Crippen LogP contribution is 2.34. The van der Waals surface area contributed by atoms with Crippen molar-refractivity contribution in [3.63, 3.8) is 0 Å². The smallest absolute Gasteiger partial charge is 0.157 e. The number of carbonyl (C=O) groups excluding carboxylic acids is 1. The van der Waals surface area contributed by atoms with Crippen LogP contribution in [0.25, 0.3) is 0 Å². The van der Waals surface area contributed by atoms with Gasteiger partial charge >= 0.3 is 0 Å². The third kappa shape index (κ3) is 3.19. The Labute approximate surface area is 131 Å². The lowest BCUT2D eigenvalue weighted by Crippen LogP contribution is -2.53. The molecular formula is C16H21Cl2NO. The third-order valence-corrected chi connectivity index (χ3v) is 5.01. The second-order valence-corrected chi connectivity index (χ2v) is 6.67. The molecule has 2 nitrogen and oxygen atoms in total. The number of halogens is 2. The van der Waals surface area contributed by atoms with Crippen molar-refractivity contribution in [1.29, 1.82) is 0 Å². The lowest BCUT2D eigenvalue weighted by molar-refractivity contribution is -0.131. The standard InChI is InChI=1S/C16H21Cl2NO/c1-19(2)16(8-4-3-5-9-16)15(20)10-12-6-7-13(17)11-14(12)18/h6-7,11H,3-5,8-10H2,1-2H3. The van der Waals surface area contributed by atoms with E-state index in [2.05, 4.69) is 4.90 Å². The van der Waals surface area contributed by atoms with Gasteiger partial charge in [-0.3, -0.25) is 9.69 Å². The SMILES string of the molecule is CN(C)C1(C(=O)Cc2ccc(Cl)cc2Cl)CCCCC1. The highest BCUT2D eigenvalue weighted by molar-refractivity contribution is 6.35. The molecule has 1 fully saturated rings. The van der Waals surface area contributed by atoms with E-state index in [0.717, 1.165) is 31.2 Å². The van der Waals surface area contributed by atoms with Gasteiger partial charge in [-0.25, -0.2) is 0 Å². The van der Waals surface area contributed by atoms with Gasteiger partial charge in [-0.2, -0.15) is 0 Å². The molecule has 0 spiro atoms. The first-order chi connectivity index (χ1) is 9.45. The zero-order valence-corrected chi connectivity index (χ0v) is 13.6. The summed E-state index contributed by atoms with van der Waals surface area (Å²) in [5.41, 5.74) is 0.550. The Kier molecular flexibility index (Phi) is 5.11. The van der Waals surface area contributed by atoms with Crippen LogP contribution >= 0.6 is 23.2 Å². The molecule has 4 heteroatoms. The number of likely N-dealkylation sites (N-methyl/N-ethyl adjacent to an activating group) is 1. The maximum Gasteiger partial charge on any atom is 0.157 e. The van der Waals surface area contributed by atoms with Crippen molar-refractivity contribution in [2.24, 2.45) is 0 Å². The Bertz CT molecular complexity index is 493. The molecule has 0 radical (unpaired) electrons. The summed E-state index contributed by atoms with van der Waals surface area (Å²) in [6, 6.07) is 5.35. The van der Waals surface area contributed by atoms with Crippen molar-refractivity contribution >= 4 is 29.0 Å². The number of hydrogen-bond acceptors (Lipinski definition) is 2. The molecular weight excluding hydrogens is 293 g/mol. The van der Waals surface area contributed by atoms with E-state index >= 15 is 0 Å². The number of Topliss-reactive ketones (excluding diaryl/α,β-unsaturated/α-hetero) is 1. The van der Waals surface area contributed by atoms with Crippen LogP contribution in [0.15, 0.2) is 18.2 Å². The molecule has 0 aliphatic heterocycles. The molecule has 2 rings (SSSR count). The number of rotatable bonds is 4. The van der Waals surface area contributed by atoms with Gasteiger partial charge in [-0.1, -0.05) is 48.5 Å². The summed E-state index contributed by atoms with van der Waals surface area (Å²) in [4.78, 5) is 14.9. The molecule has 110 valence electrons. The van der Waals surface area contributed by atoms with Crippen LogP contribution in [0.2, 0.25) is 10.0 Å². The summed E-state index contributed by atoms with van der Waals surface area (Å²) in [7, 11) is 4.01. The van der Waals surface area contributed by atoms with Gasteiger partial charge in [0.2, 0.25) is 0 Å². The van der Waals surface area contributed by atoms with Crippen molar-refractivity contribution in [3.05, 3.63) is 33.8 Å². The summed E-state index contributed by atoms with van der Waals surface area (Å²) in [5.74, 6) is 0.270. The van der Waals surface area contributed by atoms with Gasteiger partial charge in [0.15, 0.2) is 5.78 Å². The topological polar surface area (TPSA) is 20.3 Å². The molecule has 0 unspecified atom stereocenters. The summed E-state index contributed by atoms with van der Waals surface area (Å²) in [6.07, 6.45) is 5.75. The lowest BCUT2D eigenvalue weighted by Gasteiger charge is -2.41. The first kappa shape index (κ1) is 15.8. The monoisotopic (exact) mass is 313 g/mol. The Morgan fingerprint density at radius 2 is 1.85 bits per heavy atom.